The minimum Gasteiger partial charge on any atom is -0.426 e. The third kappa shape index (κ3) is 8.10. The Hall–Kier alpha value is -1.97. The van der Waals surface area contributed by atoms with Crippen LogP contribution < -0.4 is 4.74 Å². The van der Waals surface area contributed by atoms with Crippen molar-refractivity contribution < 1.29 is 19.1 Å². The summed E-state index contributed by atoms with van der Waals surface area (Å²) in [6, 6.07) is 4.68. The van der Waals surface area contributed by atoms with Crippen molar-refractivity contribution in [3.8, 4) is 5.75 Å². The standard InChI is InChI=1S/C21H30O4/c1-5-6-7-8-9-10-18(23)16-11-12-19(17(13-16)15-22)25-20(24)14-21(2,3)4/h11-13,15H,5-10,14H2,1-4H3. The van der Waals surface area contributed by atoms with E-state index < -0.39 is 0 Å². The van der Waals surface area contributed by atoms with Crippen LogP contribution in [0.25, 0.3) is 0 Å². The highest BCUT2D eigenvalue weighted by atomic mass is 16.5. The van der Waals surface area contributed by atoms with Crippen molar-refractivity contribution in [3.05, 3.63) is 29.3 Å². The zero-order valence-corrected chi connectivity index (χ0v) is 15.9. The molecule has 0 N–H and O–H groups in total. The average Bonchev–Trinajstić information content (AvgIpc) is 2.53. The second-order valence-electron chi connectivity index (χ2n) is 7.67. The summed E-state index contributed by atoms with van der Waals surface area (Å²) in [5, 5.41) is 0. The van der Waals surface area contributed by atoms with Crippen molar-refractivity contribution in [1.82, 2.24) is 0 Å². The van der Waals surface area contributed by atoms with Gasteiger partial charge in [0, 0.05) is 12.0 Å². The Bertz CT molecular complexity index is 596. The van der Waals surface area contributed by atoms with Gasteiger partial charge in [0.1, 0.15) is 5.75 Å². The molecule has 0 aliphatic carbocycles. The van der Waals surface area contributed by atoms with Crippen LogP contribution in [0.3, 0.4) is 0 Å². The Morgan fingerprint density at radius 2 is 1.76 bits per heavy atom. The maximum atomic E-state index is 12.2. The number of hydrogen-bond acceptors (Lipinski definition) is 4. The molecule has 0 radical (unpaired) electrons. The average molecular weight is 346 g/mol. The first kappa shape index (κ1) is 21.1. The predicted octanol–water partition coefficient (Wildman–Crippen LogP) is 5.38. The smallest absolute Gasteiger partial charge is 0.311 e. The largest absolute Gasteiger partial charge is 0.426 e. The van der Waals surface area contributed by atoms with E-state index in [0.29, 0.717) is 18.3 Å². The molecule has 0 unspecified atom stereocenters. The van der Waals surface area contributed by atoms with Crippen molar-refractivity contribution in [3.63, 3.8) is 0 Å². The molecule has 0 bridgehead atoms. The van der Waals surface area contributed by atoms with Crippen LogP contribution in [0, 0.1) is 5.41 Å². The number of carbonyl (C=O) groups is 3. The molecular formula is C21H30O4. The Kier molecular flexibility index (Phi) is 8.53. The highest BCUT2D eigenvalue weighted by molar-refractivity contribution is 5.98. The third-order valence-corrected chi connectivity index (χ3v) is 3.86. The summed E-state index contributed by atoms with van der Waals surface area (Å²) in [5.41, 5.74) is 0.541. The number of unbranched alkanes of at least 4 members (excludes halogenated alkanes) is 4. The summed E-state index contributed by atoms with van der Waals surface area (Å²) in [6.07, 6.45) is 6.77. The molecule has 0 fully saturated rings. The molecular weight excluding hydrogens is 316 g/mol. The van der Waals surface area contributed by atoms with Crippen LogP contribution in [0.5, 0.6) is 5.75 Å². The number of carbonyl (C=O) groups excluding carboxylic acids is 3. The van der Waals surface area contributed by atoms with Crippen molar-refractivity contribution in [2.45, 2.75) is 72.6 Å². The van der Waals surface area contributed by atoms with Crippen molar-refractivity contribution in [2.75, 3.05) is 0 Å². The van der Waals surface area contributed by atoms with Gasteiger partial charge in [-0.3, -0.25) is 14.4 Å². The Morgan fingerprint density at radius 1 is 1.08 bits per heavy atom. The van der Waals surface area contributed by atoms with E-state index in [-0.39, 0.29) is 34.9 Å². The second kappa shape index (κ2) is 10.1. The molecule has 0 saturated heterocycles. The van der Waals surface area contributed by atoms with Gasteiger partial charge in [0.15, 0.2) is 12.1 Å². The van der Waals surface area contributed by atoms with Crippen molar-refractivity contribution >= 4 is 18.0 Å². The minimum absolute atomic E-state index is 0.0205. The quantitative estimate of drug-likeness (QED) is 0.187. The van der Waals surface area contributed by atoms with Crippen LogP contribution in [0.4, 0.5) is 0 Å². The van der Waals surface area contributed by atoms with Gasteiger partial charge in [-0.2, -0.15) is 0 Å². The van der Waals surface area contributed by atoms with Crippen LogP contribution in [-0.4, -0.2) is 18.0 Å². The molecule has 1 aromatic rings. The lowest BCUT2D eigenvalue weighted by molar-refractivity contribution is -0.136. The lowest BCUT2D eigenvalue weighted by Crippen LogP contribution is -2.18. The third-order valence-electron chi connectivity index (χ3n) is 3.86. The van der Waals surface area contributed by atoms with Crippen LogP contribution in [0.1, 0.15) is 93.4 Å². The maximum absolute atomic E-state index is 12.2. The molecule has 0 aliphatic rings. The van der Waals surface area contributed by atoms with Crippen LogP contribution in [0.15, 0.2) is 18.2 Å². The first-order valence-electron chi connectivity index (χ1n) is 9.10. The summed E-state index contributed by atoms with van der Waals surface area (Å²) in [6.45, 7) is 7.98. The van der Waals surface area contributed by atoms with Gasteiger partial charge >= 0.3 is 5.97 Å². The van der Waals surface area contributed by atoms with Gasteiger partial charge < -0.3 is 4.74 Å². The van der Waals surface area contributed by atoms with Crippen molar-refractivity contribution in [2.24, 2.45) is 5.41 Å². The molecule has 0 atom stereocenters. The highest BCUT2D eigenvalue weighted by Gasteiger charge is 2.19. The Balaban J connectivity index is 2.69. The van der Waals surface area contributed by atoms with E-state index in [4.69, 9.17) is 4.74 Å². The lowest BCUT2D eigenvalue weighted by atomic mass is 9.92. The minimum atomic E-state index is -0.384. The molecule has 4 nitrogen and oxygen atoms in total. The molecule has 0 amide bonds. The number of benzene rings is 1. The summed E-state index contributed by atoms with van der Waals surface area (Å²) in [4.78, 5) is 35.5. The molecule has 1 rings (SSSR count). The number of ether oxygens (including phenoxy) is 1. The van der Waals surface area contributed by atoms with Crippen LogP contribution in [0.2, 0.25) is 0 Å². The van der Waals surface area contributed by atoms with E-state index in [1.807, 2.05) is 20.8 Å². The van der Waals surface area contributed by atoms with Gasteiger partial charge in [-0.1, -0.05) is 53.4 Å². The van der Waals surface area contributed by atoms with Gasteiger partial charge in [-0.25, -0.2) is 0 Å². The Morgan fingerprint density at radius 3 is 2.36 bits per heavy atom. The fraction of sp³-hybridized carbons (Fsp3) is 0.571. The van der Waals surface area contributed by atoms with E-state index in [0.717, 1.165) is 19.3 Å². The molecule has 0 heterocycles. The van der Waals surface area contributed by atoms with Crippen LogP contribution >= 0.6 is 0 Å². The van der Waals surface area contributed by atoms with Gasteiger partial charge in [0.2, 0.25) is 0 Å². The summed E-state index contributed by atoms with van der Waals surface area (Å²) < 4.78 is 5.29. The van der Waals surface area contributed by atoms with Gasteiger partial charge in [-0.05, 0) is 30.0 Å². The lowest BCUT2D eigenvalue weighted by Gasteiger charge is -2.17. The first-order valence-corrected chi connectivity index (χ1v) is 9.10. The van der Waals surface area contributed by atoms with Crippen LogP contribution in [-0.2, 0) is 4.79 Å². The fourth-order valence-corrected chi connectivity index (χ4v) is 2.53. The van der Waals surface area contributed by atoms with E-state index in [1.54, 1.807) is 6.07 Å². The molecule has 0 saturated carbocycles. The normalized spacial score (nSPS) is 11.2. The topological polar surface area (TPSA) is 60.4 Å². The number of hydrogen-bond donors (Lipinski definition) is 0. The van der Waals surface area contributed by atoms with Gasteiger partial charge in [0.05, 0.1) is 12.0 Å². The maximum Gasteiger partial charge on any atom is 0.311 e. The molecule has 1 aromatic carbocycles. The van der Waals surface area contributed by atoms with Crippen molar-refractivity contribution in [1.29, 1.82) is 0 Å². The predicted molar refractivity (Wildman–Crippen MR) is 99.2 cm³/mol. The zero-order valence-electron chi connectivity index (χ0n) is 15.9. The number of ketones is 1. The first-order chi connectivity index (χ1) is 11.8. The monoisotopic (exact) mass is 346 g/mol. The molecule has 0 aliphatic heterocycles. The number of Topliss-reactive ketones (excluding diaryl/α,β-unsaturated/α-hetero) is 1. The molecule has 4 heteroatoms. The summed E-state index contributed by atoms with van der Waals surface area (Å²) >= 11 is 0. The number of aldehydes is 1. The SMILES string of the molecule is CCCCCCCC(=O)c1ccc(OC(=O)CC(C)(C)C)c(C=O)c1. The zero-order chi connectivity index (χ0) is 18.9. The van der Waals surface area contributed by atoms with E-state index in [2.05, 4.69) is 6.92 Å². The van der Waals surface area contributed by atoms with E-state index in [9.17, 15) is 14.4 Å². The molecule has 0 spiro atoms. The summed E-state index contributed by atoms with van der Waals surface area (Å²) in [7, 11) is 0. The van der Waals surface area contributed by atoms with Gasteiger partial charge in [0.25, 0.3) is 0 Å². The molecule has 0 aromatic heterocycles. The fourth-order valence-electron chi connectivity index (χ4n) is 2.53. The van der Waals surface area contributed by atoms with E-state index in [1.165, 1.54) is 25.0 Å². The highest BCUT2D eigenvalue weighted by Crippen LogP contribution is 2.24. The van der Waals surface area contributed by atoms with Gasteiger partial charge in [-0.15, -0.1) is 0 Å². The molecule has 138 valence electrons. The Labute approximate surface area is 151 Å². The number of rotatable bonds is 10. The number of esters is 1. The van der Waals surface area contributed by atoms with E-state index >= 15 is 0 Å². The molecule has 25 heavy (non-hydrogen) atoms. The summed E-state index contributed by atoms with van der Waals surface area (Å²) in [5.74, 6) is -0.151. The second-order valence-corrected chi connectivity index (χ2v) is 7.67.